The van der Waals surface area contributed by atoms with Crippen LogP contribution in [-0.2, 0) is 13.6 Å². The molecule has 0 amide bonds. The Labute approximate surface area is 157 Å². The van der Waals surface area contributed by atoms with E-state index in [9.17, 15) is 13.8 Å². The van der Waals surface area contributed by atoms with E-state index in [-0.39, 0.29) is 25.5 Å². The number of nitrogens with zero attached hydrogens (tertiary/aromatic N) is 1. The van der Waals surface area contributed by atoms with Crippen molar-refractivity contribution in [2.24, 2.45) is 0 Å². The lowest BCUT2D eigenvalue weighted by molar-refractivity contribution is 0.0998. The minimum Gasteiger partial charge on any atom is -0.292 e. The van der Waals surface area contributed by atoms with Crippen molar-refractivity contribution >= 4 is 30.8 Å². The molecule has 0 atom stereocenters. The molecule has 8 heteroatoms. The highest BCUT2D eigenvalue weighted by Crippen LogP contribution is 2.54. The summed E-state index contributed by atoms with van der Waals surface area (Å²) >= 11 is 5.85. The number of carbonyl (C=O) groups excluding carboxylic acids is 1. The third kappa shape index (κ3) is 5.15. The number of rotatable bonds is 9. The van der Waals surface area contributed by atoms with E-state index in [1.54, 1.807) is 38.1 Å². The summed E-state index contributed by atoms with van der Waals surface area (Å²) in [6.45, 7) is 3.35. The number of halogens is 2. The highest BCUT2D eigenvalue weighted by Gasteiger charge is 2.35. The summed E-state index contributed by atoms with van der Waals surface area (Å²) in [6, 6.07) is 11.7. The van der Waals surface area contributed by atoms with Gasteiger partial charge in [0.1, 0.15) is 5.82 Å². The lowest BCUT2D eigenvalue weighted by Crippen LogP contribution is -2.29. The fourth-order valence-electron chi connectivity index (χ4n) is 2.30. The van der Waals surface area contributed by atoms with Crippen LogP contribution in [0.3, 0.4) is 0 Å². The van der Waals surface area contributed by atoms with Gasteiger partial charge in [-0.1, -0.05) is 11.6 Å². The monoisotopic (exact) mass is 399 g/mol. The van der Waals surface area contributed by atoms with E-state index in [4.69, 9.17) is 20.6 Å². The fourth-order valence-corrected chi connectivity index (χ4v) is 4.15. The molecule has 0 aliphatic carbocycles. The third-order valence-electron chi connectivity index (χ3n) is 3.46. The first-order chi connectivity index (χ1) is 12.4. The minimum absolute atomic E-state index is 0.129. The summed E-state index contributed by atoms with van der Waals surface area (Å²) in [5.41, 5.74) is 0.764. The van der Waals surface area contributed by atoms with E-state index in [0.29, 0.717) is 16.3 Å². The van der Waals surface area contributed by atoms with Gasteiger partial charge in [-0.05, 0) is 62.4 Å². The standard InChI is InChI=1S/C18H20ClFNO4P/c1-3-24-26(23,25-4-2)21(17-11-9-16(20)10-12-17)13-18(22)14-5-7-15(19)8-6-14/h5-12H,3-4,13H2,1-2H3. The molecule has 0 aromatic heterocycles. The second-order valence-electron chi connectivity index (χ2n) is 5.27. The van der Waals surface area contributed by atoms with Crippen molar-refractivity contribution in [2.75, 3.05) is 24.4 Å². The maximum Gasteiger partial charge on any atom is 0.435 e. The van der Waals surface area contributed by atoms with Crippen LogP contribution in [0.4, 0.5) is 10.1 Å². The molecule has 0 heterocycles. The number of anilines is 1. The second-order valence-corrected chi connectivity index (χ2v) is 7.64. The minimum atomic E-state index is -3.79. The van der Waals surface area contributed by atoms with E-state index in [1.807, 2.05) is 0 Å². The van der Waals surface area contributed by atoms with E-state index in [1.165, 1.54) is 28.9 Å². The average molecular weight is 400 g/mol. The van der Waals surface area contributed by atoms with Crippen molar-refractivity contribution in [3.8, 4) is 0 Å². The molecule has 0 spiro atoms. The molecule has 0 saturated heterocycles. The summed E-state index contributed by atoms with van der Waals surface area (Å²) in [4.78, 5) is 12.7. The smallest absolute Gasteiger partial charge is 0.292 e. The Hall–Kier alpha value is -1.72. The molecule has 0 aliphatic rings. The number of carbonyl (C=O) groups is 1. The molecule has 5 nitrogen and oxygen atoms in total. The number of Topliss-reactive ketones (excluding diaryl/α,β-unsaturated/α-hetero) is 1. The first-order valence-corrected chi connectivity index (χ1v) is 9.98. The summed E-state index contributed by atoms with van der Waals surface area (Å²) in [6.07, 6.45) is 0. The molecule has 0 saturated carbocycles. The molecule has 0 radical (unpaired) electrons. The van der Waals surface area contributed by atoms with Gasteiger partial charge in [-0.3, -0.25) is 18.5 Å². The van der Waals surface area contributed by atoms with Gasteiger partial charge in [0.2, 0.25) is 0 Å². The van der Waals surface area contributed by atoms with Crippen molar-refractivity contribution < 1.29 is 22.8 Å². The SMILES string of the molecule is CCOP(=O)(OCC)N(CC(=O)c1ccc(Cl)cc1)c1ccc(F)cc1. The van der Waals surface area contributed by atoms with Crippen molar-refractivity contribution in [3.05, 3.63) is 64.9 Å². The van der Waals surface area contributed by atoms with Gasteiger partial charge in [0.05, 0.1) is 19.8 Å². The van der Waals surface area contributed by atoms with Crippen LogP contribution in [0.25, 0.3) is 0 Å². The van der Waals surface area contributed by atoms with Crippen molar-refractivity contribution in [1.82, 2.24) is 0 Å². The highest BCUT2D eigenvalue weighted by atomic mass is 35.5. The summed E-state index contributed by atoms with van der Waals surface area (Å²) in [7, 11) is -3.79. The zero-order valence-electron chi connectivity index (χ0n) is 14.5. The molecule has 2 aromatic carbocycles. The van der Waals surface area contributed by atoms with Crippen molar-refractivity contribution in [1.29, 1.82) is 0 Å². The van der Waals surface area contributed by atoms with Crippen LogP contribution in [0.1, 0.15) is 24.2 Å². The molecule has 0 N–H and O–H groups in total. The molecule has 2 rings (SSSR count). The predicted molar refractivity (Wildman–Crippen MR) is 100 cm³/mol. The Morgan fingerprint density at radius 2 is 1.58 bits per heavy atom. The van der Waals surface area contributed by atoms with Gasteiger partial charge in [-0.2, -0.15) is 0 Å². The van der Waals surface area contributed by atoms with Crippen LogP contribution in [0.2, 0.25) is 5.02 Å². The molecule has 26 heavy (non-hydrogen) atoms. The number of hydrogen-bond donors (Lipinski definition) is 0. The van der Waals surface area contributed by atoms with E-state index in [2.05, 4.69) is 0 Å². The molecule has 0 fully saturated rings. The largest absolute Gasteiger partial charge is 0.435 e. The van der Waals surface area contributed by atoms with Crippen LogP contribution in [0, 0.1) is 5.82 Å². The highest BCUT2D eigenvalue weighted by molar-refractivity contribution is 7.55. The zero-order valence-corrected chi connectivity index (χ0v) is 16.2. The van der Waals surface area contributed by atoms with Crippen molar-refractivity contribution in [2.45, 2.75) is 13.8 Å². The van der Waals surface area contributed by atoms with E-state index >= 15 is 0 Å². The number of hydrogen-bond acceptors (Lipinski definition) is 4. The van der Waals surface area contributed by atoms with Crippen LogP contribution in [-0.4, -0.2) is 25.5 Å². The number of ketones is 1. The van der Waals surface area contributed by atoms with Gasteiger partial charge in [-0.25, -0.2) is 8.96 Å². The normalized spacial score (nSPS) is 11.4. The molecular formula is C18H20ClFNO4P. The second kappa shape index (κ2) is 9.28. The van der Waals surface area contributed by atoms with Crippen LogP contribution >= 0.6 is 19.3 Å². The summed E-state index contributed by atoms with van der Waals surface area (Å²) in [5, 5.41) is 0.506. The van der Waals surface area contributed by atoms with E-state index in [0.717, 1.165) is 0 Å². The van der Waals surface area contributed by atoms with Gasteiger partial charge in [0, 0.05) is 16.3 Å². The fraction of sp³-hybridized carbons (Fsp3) is 0.278. The lowest BCUT2D eigenvalue weighted by Gasteiger charge is -2.31. The number of benzene rings is 2. The molecule has 0 aliphatic heterocycles. The Morgan fingerprint density at radius 1 is 1.04 bits per heavy atom. The van der Waals surface area contributed by atoms with Crippen LogP contribution in [0.15, 0.2) is 48.5 Å². The van der Waals surface area contributed by atoms with E-state index < -0.39 is 13.6 Å². The van der Waals surface area contributed by atoms with Crippen molar-refractivity contribution in [3.63, 3.8) is 0 Å². The Morgan fingerprint density at radius 3 is 2.08 bits per heavy atom. The Balaban J connectivity index is 2.39. The maximum absolute atomic E-state index is 13.3. The summed E-state index contributed by atoms with van der Waals surface area (Å²) in [5.74, 6) is -0.744. The van der Waals surface area contributed by atoms with Crippen LogP contribution in [0.5, 0.6) is 0 Å². The van der Waals surface area contributed by atoms with Gasteiger partial charge in [0.25, 0.3) is 0 Å². The molecular weight excluding hydrogens is 380 g/mol. The maximum atomic E-state index is 13.3. The van der Waals surface area contributed by atoms with Crippen LogP contribution < -0.4 is 4.67 Å². The van der Waals surface area contributed by atoms with Gasteiger partial charge >= 0.3 is 7.75 Å². The topological polar surface area (TPSA) is 55.8 Å². The average Bonchev–Trinajstić information content (AvgIpc) is 2.61. The predicted octanol–water partition coefficient (Wildman–Crippen LogP) is 5.35. The van der Waals surface area contributed by atoms with Gasteiger partial charge < -0.3 is 0 Å². The van der Waals surface area contributed by atoms with Gasteiger partial charge in [0.15, 0.2) is 5.78 Å². The molecule has 0 unspecified atom stereocenters. The first kappa shape index (κ1) is 20.6. The third-order valence-corrected chi connectivity index (χ3v) is 5.85. The first-order valence-electron chi connectivity index (χ1n) is 8.11. The zero-order chi connectivity index (χ0) is 19.2. The molecule has 0 bridgehead atoms. The Kier molecular flexibility index (Phi) is 7.35. The quantitative estimate of drug-likeness (QED) is 0.420. The summed E-state index contributed by atoms with van der Waals surface area (Å²) < 4.78 is 38.5. The lowest BCUT2D eigenvalue weighted by atomic mass is 10.1. The van der Waals surface area contributed by atoms with Gasteiger partial charge in [-0.15, -0.1) is 0 Å². The molecule has 2 aromatic rings. The Bertz CT molecular complexity index is 773. The molecule has 140 valence electrons.